The Labute approximate surface area is 133 Å². The lowest BCUT2D eigenvalue weighted by Gasteiger charge is -2.22. The van der Waals surface area contributed by atoms with Crippen molar-refractivity contribution >= 4 is 18.3 Å². The molecule has 0 aromatic heterocycles. The lowest BCUT2D eigenvalue weighted by molar-refractivity contribution is -0.125. The summed E-state index contributed by atoms with van der Waals surface area (Å²) in [6, 6.07) is 8.32. The van der Waals surface area contributed by atoms with Gasteiger partial charge in [0.1, 0.15) is 0 Å². The van der Waals surface area contributed by atoms with Crippen LogP contribution in [0.2, 0.25) is 0 Å². The molecule has 4 nitrogen and oxygen atoms in total. The summed E-state index contributed by atoms with van der Waals surface area (Å²) in [6.07, 6.45) is 1.90. The molecule has 1 aliphatic rings. The summed E-state index contributed by atoms with van der Waals surface area (Å²) in [7, 11) is 4.12. The van der Waals surface area contributed by atoms with E-state index in [4.69, 9.17) is 0 Å². The highest BCUT2D eigenvalue weighted by molar-refractivity contribution is 5.85. The molecule has 1 aliphatic heterocycles. The standard InChI is InChI=1S/C16H25N3O.ClH/c1-19(2)12-15-6-4-3-5-14(15)11-18-16(20)13-7-9-17-10-8-13;/h3-6,13,17H,7-12H2,1-2H3,(H,18,20);1H. The number of benzene rings is 1. The van der Waals surface area contributed by atoms with Gasteiger partial charge in [-0.1, -0.05) is 24.3 Å². The van der Waals surface area contributed by atoms with Gasteiger partial charge in [0.05, 0.1) is 0 Å². The predicted octanol–water partition coefficient (Wildman–Crippen LogP) is 1.79. The Morgan fingerprint density at radius 2 is 1.86 bits per heavy atom. The van der Waals surface area contributed by atoms with Crippen molar-refractivity contribution in [3.8, 4) is 0 Å². The first-order valence-corrected chi connectivity index (χ1v) is 7.37. The van der Waals surface area contributed by atoms with Gasteiger partial charge in [0.25, 0.3) is 0 Å². The summed E-state index contributed by atoms with van der Waals surface area (Å²) in [5, 5.41) is 6.39. The fraction of sp³-hybridized carbons (Fsp3) is 0.562. The van der Waals surface area contributed by atoms with Gasteiger partial charge in [-0.05, 0) is 51.2 Å². The lowest BCUT2D eigenvalue weighted by Crippen LogP contribution is -2.38. The van der Waals surface area contributed by atoms with Gasteiger partial charge in [-0.25, -0.2) is 0 Å². The smallest absolute Gasteiger partial charge is 0.223 e. The van der Waals surface area contributed by atoms with Crippen LogP contribution in [0.25, 0.3) is 0 Å². The molecule has 0 spiro atoms. The van der Waals surface area contributed by atoms with Crippen LogP contribution >= 0.6 is 12.4 Å². The Morgan fingerprint density at radius 1 is 1.24 bits per heavy atom. The molecule has 0 radical (unpaired) electrons. The number of nitrogens with one attached hydrogen (secondary N) is 2. The van der Waals surface area contributed by atoms with E-state index in [-0.39, 0.29) is 24.2 Å². The number of halogens is 1. The molecule has 1 heterocycles. The predicted molar refractivity (Wildman–Crippen MR) is 88.5 cm³/mol. The number of rotatable bonds is 5. The third kappa shape index (κ3) is 5.65. The quantitative estimate of drug-likeness (QED) is 0.871. The number of hydrogen-bond acceptors (Lipinski definition) is 3. The van der Waals surface area contributed by atoms with Crippen LogP contribution in [0.5, 0.6) is 0 Å². The van der Waals surface area contributed by atoms with Crippen molar-refractivity contribution in [3.63, 3.8) is 0 Å². The molecule has 0 saturated carbocycles. The van der Waals surface area contributed by atoms with Crippen molar-refractivity contribution in [2.75, 3.05) is 27.2 Å². The Kier molecular flexibility index (Phi) is 7.72. The van der Waals surface area contributed by atoms with Crippen molar-refractivity contribution in [2.45, 2.75) is 25.9 Å². The SMILES string of the molecule is CN(C)Cc1ccccc1CNC(=O)C1CCNCC1.Cl. The lowest BCUT2D eigenvalue weighted by atomic mass is 9.97. The van der Waals surface area contributed by atoms with E-state index in [1.165, 1.54) is 11.1 Å². The van der Waals surface area contributed by atoms with Crippen LogP contribution < -0.4 is 10.6 Å². The average Bonchev–Trinajstić information content (AvgIpc) is 2.46. The van der Waals surface area contributed by atoms with Gasteiger partial charge in [0, 0.05) is 19.0 Å². The van der Waals surface area contributed by atoms with Gasteiger partial charge >= 0.3 is 0 Å². The molecule has 5 heteroatoms. The molecule has 2 rings (SSSR count). The monoisotopic (exact) mass is 311 g/mol. The fourth-order valence-corrected chi connectivity index (χ4v) is 2.64. The van der Waals surface area contributed by atoms with Crippen molar-refractivity contribution < 1.29 is 4.79 Å². The molecular weight excluding hydrogens is 286 g/mol. The number of amides is 1. The van der Waals surface area contributed by atoms with E-state index in [0.717, 1.165) is 32.5 Å². The highest BCUT2D eigenvalue weighted by atomic mass is 35.5. The van der Waals surface area contributed by atoms with Crippen molar-refractivity contribution in [3.05, 3.63) is 35.4 Å². The van der Waals surface area contributed by atoms with Crippen molar-refractivity contribution in [2.24, 2.45) is 5.92 Å². The maximum absolute atomic E-state index is 12.2. The minimum atomic E-state index is 0. The largest absolute Gasteiger partial charge is 0.352 e. The zero-order chi connectivity index (χ0) is 14.4. The van der Waals surface area contributed by atoms with E-state index in [9.17, 15) is 4.79 Å². The van der Waals surface area contributed by atoms with Gasteiger partial charge in [-0.3, -0.25) is 4.79 Å². The van der Waals surface area contributed by atoms with Crippen LogP contribution in [0, 0.1) is 5.92 Å². The number of hydrogen-bond donors (Lipinski definition) is 2. The zero-order valence-corrected chi connectivity index (χ0v) is 13.7. The topological polar surface area (TPSA) is 44.4 Å². The first kappa shape index (κ1) is 18.0. The van der Waals surface area contributed by atoms with Crippen LogP contribution in [-0.4, -0.2) is 38.0 Å². The fourth-order valence-electron chi connectivity index (χ4n) is 2.64. The van der Waals surface area contributed by atoms with Crippen LogP contribution in [-0.2, 0) is 17.9 Å². The van der Waals surface area contributed by atoms with Gasteiger partial charge in [-0.15, -0.1) is 12.4 Å². The van der Waals surface area contributed by atoms with E-state index >= 15 is 0 Å². The van der Waals surface area contributed by atoms with Crippen LogP contribution in [0.4, 0.5) is 0 Å². The maximum Gasteiger partial charge on any atom is 0.223 e. The minimum absolute atomic E-state index is 0. The van der Waals surface area contributed by atoms with Gasteiger partial charge in [-0.2, -0.15) is 0 Å². The summed E-state index contributed by atoms with van der Waals surface area (Å²) in [5.41, 5.74) is 2.49. The molecule has 0 bridgehead atoms. The average molecular weight is 312 g/mol. The van der Waals surface area contributed by atoms with Crippen LogP contribution in [0.15, 0.2) is 24.3 Å². The summed E-state index contributed by atoms with van der Waals surface area (Å²) in [4.78, 5) is 14.3. The van der Waals surface area contributed by atoms with Crippen molar-refractivity contribution in [1.29, 1.82) is 0 Å². The molecule has 1 amide bonds. The van der Waals surface area contributed by atoms with E-state index in [1.807, 2.05) is 6.07 Å². The van der Waals surface area contributed by atoms with E-state index < -0.39 is 0 Å². The normalized spacial score (nSPS) is 15.6. The molecule has 1 fully saturated rings. The molecular formula is C16H26ClN3O. The molecule has 1 saturated heterocycles. The second kappa shape index (κ2) is 9.03. The third-order valence-electron chi connectivity index (χ3n) is 3.77. The summed E-state index contributed by atoms with van der Waals surface area (Å²) < 4.78 is 0. The Hall–Kier alpha value is -1.10. The van der Waals surface area contributed by atoms with Crippen LogP contribution in [0.3, 0.4) is 0 Å². The first-order chi connectivity index (χ1) is 9.66. The minimum Gasteiger partial charge on any atom is -0.352 e. The molecule has 118 valence electrons. The number of carbonyl (C=O) groups excluding carboxylic acids is 1. The molecule has 0 atom stereocenters. The summed E-state index contributed by atoms with van der Waals surface area (Å²) in [5.74, 6) is 0.378. The second-order valence-corrected chi connectivity index (χ2v) is 5.75. The van der Waals surface area contributed by atoms with E-state index in [1.54, 1.807) is 0 Å². The molecule has 0 unspecified atom stereocenters. The summed E-state index contributed by atoms with van der Waals surface area (Å²) in [6.45, 7) is 3.44. The number of carbonyl (C=O) groups is 1. The van der Waals surface area contributed by atoms with E-state index in [2.05, 4.69) is 47.8 Å². The molecule has 1 aromatic rings. The zero-order valence-electron chi connectivity index (χ0n) is 12.9. The molecule has 2 N–H and O–H groups in total. The molecule has 21 heavy (non-hydrogen) atoms. The first-order valence-electron chi connectivity index (χ1n) is 7.37. The Morgan fingerprint density at radius 3 is 2.48 bits per heavy atom. The third-order valence-corrected chi connectivity index (χ3v) is 3.77. The Balaban J connectivity index is 0.00000220. The molecule has 0 aliphatic carbocycles. The van der Waals surface area contributed by atoms with Gasteiger partial charge in [0.2, 0.25) is 5.91 Å². The van der Waals surface area contributed by atoms with Gasteiger partial charge < -0.3 is 15.5 Å². The van der Waals surface area contributed by atoms with Crippen molar-refractivity contribution in [1.82, 2.24) is 15.5 Å². The Bertz CT molecular complexity index is 445. The highest BCUT2D eigenvalue weighted by Crippen LogP contribution is 2.13. The number of nitrogens with zero attached hydrogens (tertiary/aromatic N) is 1. The van der Waals surface area contributed by atoms with Crippen LogP contribution in [0.1, 0.15) is 24.0 Å². The number of piperidine rings is 1. The van der Waals surface area contributed by atoms with E-state index in [0.29, 0.717) is 6.54 Å². The van der Waals surface area contributed by atoms with Gasteiger partial charge in [0.15, 0.2) is 0 Å². The second-order valence-electron chi connectivity index (χ2n) is 5.75. The highest BCUT2D eigenvalue weighted by Gasteiger charge is 2.20. The maximum atomic E-state index is 12.2. The molecule has 1 aromatic carbocycles. The summed E-state index contributed by atoms with van der Waals surface area (Å²) >= 11 is 0.